The summed E-state index contributed by atoms with van der Waals surface area (Å²) in [6.45, 7) is 3.65. The van der Waals surface area contributed by atoms with Crippen LogP contribution in [0.25, 0.3) is 0 Å². The van der Waals surface area contributed by atoms with Gasteiger partial charge in [0.2, 0.25) is 11.7 Å². The number of nitrogens with one attached hydrogen (secondary N) is 1. The molecule has 0 aliphatic rings. The Morgan fingerprint density at radius 1 is 1.44 bits per heavy atom. The molecule has 1 unspecified atom stereocenters. The van der Waals surface area contributed by atoms with Crippen LogP contribution in [0.5, 0.6) is 0 Å². The minimum absolute atomic E-state index is 0.0177. The first kappa shape index (κ1) is 12.1. The van der Waals surface area contributed by atoms with Crippen LogP contribution in [-0.4, -0.2) is 23.0 Å². The van der Waals surface area contributed by atoms with E-state index < -0.39 is 17.9 Å². The molecule has 0 fully saturated rings. The Hall–Kier alpha value is -1.98. The van der Waals surface area contributed by atoms with Crippen LogP contribution in [0.2, 0.25) is 0 Å². The number of primary amides is 1. The molecule has 0 radical (unpaired) electrons. The molecule has 4 N–H and O–H groups in total. The fourth-order valence-corrected chi connectivity index (χ4v) is 1.25. The fraction of sp³-hybridized carbons (Fsp3) is 0.400. The third-order valence-corrected chi connectivity index (χ3v) is 2.09. The second kappa shape index (κ2) is 4.69. The molecule has 1 amide bonds. The summed E-state index contributed by atoms with van der Waals surface area (Å²) in [4.78, 5) is 21.6. The average Bonchev–Trinajstić information content (AvgIpc) is 2.61. The molecule has 1 atom stereocenters. The molecule has 0 bridgehead atoms. The van der Waals surface area contributed by atoms with Crippen LogP contribution >= 0.6 is 0 Å². The van der Waals surface area contributed by atoms with Crippen molar-refractivity contribution in [3.8, 4) is 0 Å². The molecular formula is C10H14N2O4. The summed E-state index contributed by atoms with van der Waals surface area (Å²) in [6, 6.07) is 2.16. The van der Waals surface area contributed by atoms with E-state index in [2.05, 4.69) is 5.32 Å². The van der Waals surface area contributed by atoms with Gasteiger partial charge in [0, 0.05) is 6.07 Å². The van der Waals surface area contributed by atoms with Crippen molar-refractivity contribution >= 4 is 17.8 Å². The zero-order valence-corrected chi connectivity index (χ0v) is 9.06. The van der Waals surface area contributed by atoms with Crippen LogP contribution in [0, 0.1) is 5.92 Å². The Bertz CT molecular complexity index is 397. The lowest BCUT2D eigenvalue weighted by Gasteiger charge is -2.17. The van der Waals surface area contributed by atoms with Gasteiger partial charge in [-0.15, -0.1) is 0 Å². The van der Waals surface area contributed by atoms with E-state index in [1.807, 2.05) is 13.8 Å². The number of amides is 1. The number of aromatic carboxylic acids is 1. The van der Waals surface area contributed by atoms with E-state index in [0.29, 0.717) is 0 Å². The van der Waals surface area contributed by atoms with Crippen molar-refractivity contribution in [2.24, 2.45) is 11.7 Å². The summed E-state index contributed by atoms with van der Waals surface area (Å²) < 4.78 is 4.96. The van der Waals surface area contributed by atoms with Gasteiger partial charge in [-0.2, -0.15) is 0 Å². The van der Waals surface area contributed by atoms with Gasteiger partial charge in [0.1, 0.15) is 6.04 Å². The van der Waals surface area contributed by atoms with E-state index in [1.165, 1.54) is 12.1 Å². The van der Waals surface area contributed by atoms with Crippen LogP contribution in [-0.2, 0) is 4.79 Å². The molecule has 1 heterocycles. The number of anilines is 1. The Balaban J connectivity index is 2.78. The van der Waals surface area contributed by atoms with Crippen molar-refractivity contribution in [2.45, 2.75) is 19.9 Å². The number of hydrogen-bond donors (Lipinski definition) is 3. The molecule has 6 heteroatoms. The molecule has 0 saturated carbocycles. The zero-order valence-electron chi connectivity index (χ0n) is 9.06. The smallest absolute Gasteiger partial charge is 0.371 e. The van der Waals surface area contributed by atoms with E-state index in [0.717, 1.165) is 0 Å². The van der Waals surface area contributed by atoms with Crippen LogP contribution in [0.3, 0.4) is 0 Å². The predicted octanol–water partition coefficient (Wildman–Crippen LogP) is 0.900. The maximum Gasteiger partial charge on any atom is 0.371 e. The number of rotatable bonds is 5. The number of hydrogen-bond acceptors (Lipinski definition) is 4. The first-order valence-electron chi connectivity index (χ1n) is 4.80. The molecule has 0 aromatic carbocycles. The van der Waals surface area contributed by atoms with Gasteiger partial charge in [-0.1, -0.05) is 13.8 Å². The van der Waals surface area contributed by atoms with Crippen LogP contribution in [0.15, 0.2) is 16.5 Å². The summed E-state index contributed by atoms with van der Waals surface area (Å²) in [5.74, 6) is -1.66. The quantitative estimate of drug-likeness (QED) is 0.691. The number of nitrogens with two attached hydrogens (primary N) is 1. The van der Waals surface area contributed by atoms with Gasteiger partial charge in [-0.3, -0.25) is 4.79 Å². The summed E-state index contributed by atoms with van der Waals surface area (Å²) in [5.41, 5.74) is 5.19. The van der Waals surface area contributed by atoms with Gasteiger partial charge < -0.3 is 20.6 Å². The van der Waals surface area contributed by atoms with Gasteiger partial charge in [0.05, 0.1) is 0 Å². The van der Waals surface area contributed by atoms with Gasteiger partial charge in [-0.05, 0) is 12.0 Å². The van der Waals surface area contributed by atoms with Crippen molar-refractivity contribution in [3.05, 3.63) is 17.9 Å². The van der Waals surface area contributed by atoms with Crippen LogP contribution in [0.4, 0.5) is 5.88 Å². The molecular weight excluding hydrogens is 212 g/mol. The van der Waals surface area contributed by atoms with Gasteiger partial charge in [0.25, 0.3) is 0 Å². The first-order valence-corrected chi connectivity index (χ1v) is 4.80. The Labute approximate surface area is 92.4 Å². The molecule has 0 saturated heterocycles. The molecule has 1 aromatic heterocycles. The lowest BCUT2D eigenvalue weighted by molar-refractivity contribution is -0.119. The summed E-state index contributed by atoms with van der Waals surface area (Å²) >= 11 is 0. The maximum atomic E-state index is 11.1. The van der Waals surface area contributed by atoms with Crippen LogP contribution in [0.1, 0.15) is 24.4 Å². The SMILES string of the molecule is CC(C)C(Nc1ccc(C(=O)O)o1)C(N)=O. The molecule has 1 aromatic rings. The topological polar surface area (TPSA) is 106 Å². The van der Waals surface area contributed by atoms with Crippen molar-refractivity contribution in [2.75, 3.05) is 5.32 Å². The molecule has 0 aliphatic carbocycles. The molecule has 88 valence electrons. The van der Waals surface area contributed by atoms with Crippen molar-refractivity contribution in [1.82, 2.24) is 0 Å². The van der Waals surface area contributed by atoms with Crippen LogP contribution < -0.4 is 11.1 Å². The number of carbonyl (C=O) groups is 2. The van der Waals surface area contributed by atoms with Gasteiger partial charge in [-0.25, -0.2) is 4.79 Å². The largest absolute Gasteiger partial charge is 0.475 e. The van der Waals surface area contributed by atoms with Gasteiger partial charge in [0.15, 0.2) is 5.88 Å². The zero-order chi connectivity index (χ0) is 12.3. The summed E-state index contributed by atoms with van der Waals surface area (Å²) in [5, 5.41) is 11.4. The number of carboxylic acid groups (broad SMARTS) is 1. The van der Waals surface area contributed by atoms with Crippen molar-refractivity contribution < 1.29 is 19.1 Å². The molecule has 1 rings (SSSR count). The maximum absolute atomic E-state index is 11.1. The summed E-state index contributed by atoms with van der Waals surface area (Å²) in [6.07, 6.45) is 0. The highest BCUT2D eigenvalue weighted by Gasteiger charge is 2.21. The van der Waals surface area contributed by atoms with E-state index in [4.69, 9.17) is 15.3 Å². The normalized spacial score (nSPS) is 12.4. The fourth-order valence-electron chi connectivity index (χ4n) is 1.25. The monoisotopic (exact) mass is 226 g/mol. The molecule has 6 nitrogen and oxygen atoms in total. The lowest BCUT2D eigenvalue weighted by atomic mass is 10.0. The van der Waals surface area contributed by atoms with E-state index >= 15 is 0 Å². The highest BCUT2D eigenvalue weighted by molar-refractivity contribution is 5.85. The van der Waals surface area contributed by atoms with E-state index in [1.54, 1.807) is 0 Å². The highest BCUT2D eigenvalue weighted by Crippen LogP contribution is 2.16. The highest BCUT2D eigenvalue weighted by atomic mass is 16.4. The van der Waals surface area contributed by atoms with Crippen molar-refractivity contribution in [1.29, 1.82) is 0 Å². The molecule has 0 aliphatic heterocycles. The second-order valence-electron chi connectivity index (χ2n) is 3.74. The Kier molecular flexibility index (Phi) is 3.55. The van der Waals surface area contributed by atoms with E-state index in [-0.39, 0.29) is 17.6 Å². The molecule has 0 spiro atoms. The van der Waals surface area contributed by atoms with Gasteiger partial charge >= 0.3 is 5.97 Å². The predicted molar refractivity (Wildman–Crippen MR) is 57.1 cm³/mol. The number of furan rings is 1. The van der Waals surface area contributed by atoms with Crippen molar-refractivity contribution in [3.63, 3.8) is 0 Å². The lowest BCUT2D eigenvalue weighted by Crippen LogP contribution is -2.39. The number of carboxylic acids is 1. The first-order chi connectivity index (χ1) is 7.41. The number of carbonyl (C=O) groups excluding carboxylic acids is 1. The minimum Gasteiger partial charge on any atom is -0.475 e. The third kappa shape index (κ3) is 2.75. The third-order valence-electron chi connectivity index (χ3n) is 2.09. The summed E-state index contributed by atoms with van der Waals surface area (Å²) in [7, 11) is 0. The Morgan fingerprint density at radius 2 is 2.06 bits per heavy atom. The average molecular weight is 226 g/mol. The Morgan fingerprint density at radius 3 is 2.44 bits per heavy atom. The van der Waals surface area contributed by atoms with E-state index in [9.17, 15) is 9.59 Å². The molecule has 16 heavy (non-hydrogen) atoms. The minimum atomic E-state index is -1.16. The second-order valence-corrected chi connectivity index (χ2v) is 3.74. The standard InChI is InChI=1S/C10H14N2O4/c1-5(2)8(9(11)13)12-7-4-3-6(16-7)10(14)15/h3-5,8,12H,1-2H3,(H2,11,13)(H,14,15).